The molecule has 1 aromatic heterocycles. The van der Waals surface area contributed by atoms with Crippen molar-refractivity contribution >= 4 is 63.2 Å². The van der Waals surface area contributed by atoms with Crippen LogP contribution in [0.4, 0.5) is 5.69 Å². The van der Waals surface area contributed by atoms with Crippen molar-refractivity contribution in [2.24, 2.45) is 0 Å². The van der Waals surface area contributed by atoms with Crippen molar-refractivity contribution in [1.82, 2.24) is 9.55 Å². The molecule has 0 aliphatic heterocycles. The molecule has 3 aromatic carbocycles. The quantitative estimate of drug-likeness (QED) is 0.194. The Hall–Kier alpha value is -3.13. The van der Waals surface area contributed by atoms with Crippen LogP contribution in [0, 0.1) is 0 Å². The minimum Gasteiger partial charge on any atom is -0.325 e. The second kappa shape index (κ2) is 10.0. The third-order valence-corrected chi connectivity index (χ3v) is 6.61. The Morgan fingerprint density at radius 1 is 1.00 bits per heavy atom. The van der Waals surface area contributed by atoms with Crippen LogP contribution in [0.2, 0.25) is 10.0 Å². The molecule has 1 amide bonds. The number of rotatable bonds is 6. The molecule has 172 valence electrons. The number of carbonyl (C=O) groups is 2. The van der Waals surface area contributed by atoms with Crippen molar-refractivity contribution in [3.8, 4) is 5.69 Å². The van der Waals surface area contributed by atoms with E-state index in [0.29, 0.717) is 43.0 Å². The van der Waals surface area contributed by atoms with Crippen LogP contribution in [-0.4, -0.2) is 26.5 Å². The maximum absolute atomic E-state index is 13.4. The van der Waals surface area contributed by atoms with Crippen molar-refractivity contribution < 1.29 is 9.59 Å². The predicted molar refractivity (Wildman–Crippen MR) is 138 cm³/mol. The number of aromatic nitrogens is 2. The van der Waals surface area contributed by atoms with Gasteiger partial charge in [-0.05, 0) is 68.4 Å². The number of halogens is 2. The molecule has 1 atom stereocenters. The van der Waals surface area contributed by atoms with Crippen LogP contribution >= 0.6 is 35.0 Å². The lowest BCUT2D eigenvalue weighted by atomic mass is 10.1. The van der Waals surface area contributed by atoms with E-state index >= 15 is 0 Å². The zero-order valence-corrected chi connectivity index (χ0v) is 20.5. The van der Waals surface area contributed by atoms with Crippen molar-refractivity contribution in [1.29, 1.82) is 0 Å². The van der Waals surface area contributed by atoms with Crippen molar-refractivity contribution in [3.63, 3.8) is 0 Å². The fourth-order valence-electron chi connectivity index (χ4n) is 3.31. The Kier molecular flexibility index (Phi) is 7.07. The van der Waals surface area contributed by atoms with E-state index in [4.69, 9.17) is 23.2 Å². The minimum absolute atomic E-state index is 0.0930. The summed E-state index contributed by atoms with van der Waals surface area (Å²) in [6, 6.07) is 18.4. The highest BCUT2D eigenvalue weighted by Gasteiger charge is 2.21. The van der Waals surface area contributed by atoms with Crippen LogP contribution in [0.5, 0.6) is 0 Å². The summed E-state index contributed by atoms with van der Waals surface area (Å²) in [7, 11) is 0. The van der Waals surface area contributed by atoms with Crippen molar-refractivity contribution in [2.45, 2.75) is 24.3 Å². The van der Waals surface area contributed by atoms with Gasteiger partial charge < -0.3 is 5.32 Å². The summed E-state index contributed by atoms with van der Waals surface area (Å²) in [6.45, 7) is 3.18. The number of fused-ring (bicyclic) bond motifs is 1. The number of amides is 1. The van der Waals surface area contributed by atoms with E-state index in [1.54, 1.807) is 73.7 Å². The molecule has 6 nitrogen and oxygen atoms in total. The first-order valence-corrected chi connectivity index (χ1v) is 11.9. The van der Waals surface area contributed by atoms with E-state index in [-0.39, 0.29) is 17.2 Å². The molecule has 4 rings (SSSR count). The number of hydrogen-bond donors (Lipinski definition) is 1. The Balaban J connectivity index is 1.71. The van der Waals surface area contributed by atoms with Gasteiger partial charge in [-0.3, -0.25) is 19.0 Å². The third-order valence-electron chi connectivity index (χ3n) is 5.07. The molecule has 0 saturated carbocycles. The molecule has 0 radical (unpaired) electrons. The summed E-state index contributed by atoms with van der Waals surface area (Å²) >= 11 is 13.3. The maximum atomic E-state index is 13.4. The summed E-state index contributed by atoms with van der Waals surface area (Å²) in [4.78, 5) is 42.6. The minimum atomic E-state index is -0.608. The summed E-state index contributed by atoms with van der Waals surface area (Å²) in [5, 5.41) is 3.94. The highest BCUT2D eigenvalue weighted by Crippen LogP contribution is 2.27. The monoisotopic (exact) mass is 511 g/mol. The van der Waals surface area contributed by atoms with Crippen molar-refractivity contribution in [2.75, 3.05) is 5.32 Å². The van der Waals surface area contributed by atoms with Gasteiger partial charge in [-0.25, -0.2) is 4.98 Å². The molecule has 0 aliphatic carbocycles. The predicted octanol–water partition coefficient (Wildman–Crippen LogP) is 6.01. The third kappa shape index (κ3) is 5.17. The second-order valence-electron chi connectivity index (χ2n) is 7.56. The van der Waals surface area contributed by atoms with E-state index in [2.05, 4.69) is 10.3 Å². The highest BCUT2D eigenvalue weighted by molar-refractivity contribution is 8.00. The number of nitrogens with one attached hydrogen (secondary N) is 1. The van der Waals surface area contributed by atoms with Gasteiger partial charge in [-0.15, -0.1) is 0 Å². The molecule has 34 heavy (non-hydrogen) atoms. The lowest BCUT2D eigenvalue weighted by molar-refractivity contribution is -0.115. The first kappa shape index (κ1) is 24.0. The van der Waals surface area contributed by atoms with Gasteiger partial charge in [-0.1, -0.05) is 47.1 Å². The Morgan fingerprint density at radius 3 is 2.41 bits per heavy atom. The number of nitrogens with zero attached hydrogens (tertiary/aromatic N) is 2. The van der Waals surface area contributed by atoms with Gasteiger partial charge in [0, 0.05) is 21.3 Å². The lowest BCUT2D eigenvalue weighted by Crippen LogP contribution is -2.26. The molecule has 0 saturated heterocycles. The smallest absolute Gasteiger partial charge is 0.266 e. The molecule has 1 N–H and O–H groups in total. The summed E-state index contributed by atoms with van der Waals surface area (Å²) in [6.07, 6.45) is 0. The molecular formula is C25H19Cl2N3O3S. The topological polar surface area (TPSA) is 81.1 Å². The van der Waals surface area contributed by atoms with Crippen LogP contribution in [0.1, 0.15) is 24.2 Å². The number of anilines is 1. The van der Waals surface area contributed by atoms with Crippen LogP contribution in [0.15, 0.2) is 76.7 Å². The van der Waals surface area contributed by atoms with E-state index in [9.17, 15) is 14.4 Å². The molecule has 0 spiro atoms. The molecule has 1 heterocycles. The first-order valence-electron chi connectivity index (χ1n) is 10.3. The van der Waals surface area contributed by atoms with Crippen LogP contribution in [0.25, 0.3) is 16.6 Å². The van der Waals surface area contributed by atoms with Gasteiger partial charge in [0.2, 0.25) is 5.91 Å². The zero-order valence-electron chi connectivity index (χ0n) is 18.2. The summed E-state index contributed by atoms with van der Waals surface area (Å²) in [5.74, 6) is -0.390. The van der Waals surface area contributed by atoms with Gasteiger partial charge in [0.25, 0.3) is 5.56 Å². The Bertz CT molecular complexity index is 1470. The fourth-order valence-corrected chi connectivity index (χ4v) is 4.53. The van der Waals surface area contributed by atoms with Crippen molar-refractivity contribution in [3.05, 3.63) is 92.7 Å². The van der Waals surface area contributed by atoms with Gasteiger partial charge in [-0.2, -0.15) is 0 Å². The molecule has 0 fully saturated rings. The summed E-state index contributed by atoms with van der Waals surface area (Å²) in [5.41, 5.74) is 1.74. The normalized spacial score (nSPS) is 11.9. The SMILES string of the molecule is CC(=O)c1cccc(NC(=O)C(C)Sc2nc3cc(Cl)ccc3c(=O)n2-c2ccc(Cl)cc2)c1. The second-order valence-corrected chi connectivity index (χ2v) is 9.74. The molecule has 1 unspecified atom stereocenters. The maximum Gasteiger partial charge on any atom is 0.266 e. The first-order chi connectivity index (χ1) is 16.2. The molecule has 0 aliphatic rings. The average molecular weight is 512 g/mol. The van der Waals surface area contributed by atoms with Gasteiger partial charge in [0.1, 0.15) is 0 Å². The standard InChI is InChI=1S/C25H19Cl2N3O3S/c1-14(31)16-4-3-5-19(12-16)28-23(32)15(2)34-25-29-22-13-18(27)8-11-21(22)24(33)30(25)20-9-6-17(26)7-10-20/h3-13,15H,1-2H3,(H,28,32). The Labute approximate surface area is 209 Å². The van der Waals surface area contributed by atoms with Gasteiger partial charge in [0.05, 0.1) is 21.8 Å². The van der Waals surface area contributed by atoms with Crippen LogP contribution < -0.4 is 10.9 Å². The molecule has 9 heteroatoms. The Morgan fingerprint density at radius 2 is 1.71 bits per heavy atom. The summed E-state index contributed by atoms with van der Waals surface area (Å²) < 4.78 is 1.46. The molecule has 0 bridgehead atoms. The van der Waals surface area contributed by atoms with E-state index < -0.39 is 5.25 Å². The van der Waals surface area contributed by atoms with E-state index in [1.807, 2.05) is 0 Å². The van der Waals surface area contributed by atoms with Gasteiger partial charge >= 0.3 is 0 Å². The fraction of sp³-hybridized carbons (Fsp3) is 0.120. The number of ketones is 1. The van der Waals surface area contributed by atoms with Crippen LogP contribution in [-0.2, 0) is 4.79 Å². The number of thioether (sulfide) groups is 1. The number of benzene rings is 3. The van der Waals surface area contributed by atoms with Crippen LogP contribution in [0.3, 0.4) is 0 Å². The number of carbonyl (C=O) groups excluding carboxylic acids is 2. The number of hydrogen-bond acceptors (Lipinski definition) is 5. The largest absolute Gasteiger partial charge is 0.325 e. The van der Waals surface area contributed by atoms with E-state index in [1.165, 1.54) is 11.5 Å². The molecule has 4 aromatic rings. The zero-order chi connectivity index (χ0) is 24.4. The highest BCUT2D eigenvalue weighted by atomic mass is 35.5. The molecular weight excluding hydrogens is 493 g/mol. The average Bonchev–Trinajstić information content (AvgIpc) is 2.80. The van der Waals surface area contributed by atoms with E-state index in [0.717, 1.165) is 11.8 Å². The lowest BCUT2D eigenvalue weighted by Gasteiger charge is -2.17. The van der Waals surface area contributed by atoms with Gasteiger partial charge in [0.15, 0.2) is 10.9 Å². The number of Topliss-reactive ketones (excluding diaryl/α,β-unsaturated/α-hetero) is 1.